The number of nitriles is 1. The van der Waals surface area contributed by atoms with Gasteiger partial charge in [0.25, 0.3) is 5.91 Å². The van der Waals surface area contributed by atoms with E-state index in [0.29, 0.717) is 18.2 Å². The Labute approximate surface area is 191 Å². The van der Waals surface area contributed by atoms with Crippen molar-refractivity contribution < 1.29 is 32.6 Å². The molecule has 10 heteroatoms. The lowest BCUT2D eigenvalue weighted by atomic mass is 9.82. The number of amides is 1. The van der Waals surface area contributed by atoms with Crippen molar-refractivity contribution in [2.75, 3.05) is 11.9 Å². The van der Waals surface area contributed by atoms with Crippen molar-refractivity contribution in [3.63, 3.8) is 0 Å². The Kier molecular flexibility index (Phi) is 6.71. The molecule has 0 saturated heterocycles. The van der Waals surface area contributed by atoms with Crippen LogP contribution in [-0.4, -0.2) is 28.3 Å². The Hall–Kier alpha value is -3.11. The summed E-state index contributed by atoms with van der Waals surface area (Å²) in [7, 11) is 0. The number of hydrogen-bond donors (Lipinski definition) is 3. The highest BCUT2D eigenvalue weighted by Crippen LogP contribution is 2.54. The Morgan fingerprint density at radius 1 is 1.21 bits per heavy atom. The molecule has 0 bridgehead atoms. The molecular weight excluding hydrogens is 464 g/mol. The maximum atomic E-state index is 14.5. The van der Waals surface area contributed by atoms with E-state index in [2.05, 4.69) is 17.2 Å². The Balaban J connectivity index is 1.94. The number of carbonyl (C=O) groups is 1. The molecule has 5 nitrogen and oxygen atoms in total. The molecule has 0 spiro atoms. The topological polar surface area (TPSA) is 93.4 Å². The summed E-state index contributed by atoms with van der Waals surface area (Å²) in [6, 6.07) is 7.84. The fraction of sp³-hybridized carbons (Fsp3) is 0.304. The molecule has 0 radical (unpaired) electrons. The molecule has 1 aliphatic carbocycles. The Morgan fingerprint density at radius 3 is 2.45 bits per heavy atom. The normalized spacial score (nSPS) is 16.1. The van der Waals surface area contributed by atoms with E-state index >= 15 is 0 Å². The van der Waals surface area contributed by atoms with Crippen molar-refractivity contribution in [1.82, 2.24) is 0 Å². The Morgan fingerprint density at radius 2 is 1.91 bits per heavy atom. The van der Waals surface area contributed by atoms with Gasteiger partial charge in [-0.05, 0) is 54.8 Å². The first kappa shape index (κ1) is 24.5. The summed E-state index contributed by atoms with van der Waals surface area (Å²) in [6.45, 7) is -0.691. The number of nitrogens with zero attached hydrogens (tertiary/aromatic N) is 1. The van der Waals surface area contributed by atoms with Crippen LogP contribution in [0.1, 0.15) is 36.0 Å². The minimum atomic E-state index is -4.70. The van der Waals surface area contributed by atoms with Gasteiger partial charge < -0.3 is 15.5 Å². The van der Waals surface area contributed by atoms with Crippen LogP contribution in [0.5, 0.6) is 0 Å². The number of halogens is 5. The SMILES string of the molecule is N#Cc1ccc(NC(=O)C(O)(C#CCO)CC2(c3cc(C(F)(F)F)ccc3F)CC2)cc1Cl. The van der Waals surface area contributed by atoms with Crippen molar-refractivity contribution in [2.24, 2.45) is 0 Å². The van der Waals surface area contributed by atoms with E-state index in [1.165, 1.54) is 18.2 Å². The summed E-state index contributed by atoms with van der Waals surface area (Å²) in [6.07, 6.45) is -4.74. The van der Waals surface area contributed by atoms with E-state index in [-0.39, 0.29) is 34.7 Å². The Bertz CT molecular complexity index is 1190. The number of aliphatic hydroxyl groups is 2. The van der Waals surface area contributed by atoms with Gasteiger partial charge in [-0.2, -0.15) is 18.4 Å². The molecule has 33 heavy (non-hydrogen) atoms. The fourth-order valence-corrected chi connectivity index (χ4v) is 3.80. The van der Waals surface area contributed by atoms with Gasteiger partial charge in [0, 0.05) is 17.5 Å². The lowest BCUT2D eigenvalue weighted by Gasteiger charge is -2.28. The van der Waals surface area contributed by atoms with E-state index in [4.69, 9.17) is 22.0 Å². The van der Waals surface area contributed by atoms with Crippen molar-refractivity contribution in [1.29, 1.82) is 5.26 Å². The number of nitrogens with one attached hydrogen (secondary N) is 1. The summed E-state index contributed by atoms with van der Waals surface area (Å²) in [5.74, 6) is 2.51. The van der Waals surface area contributed by atoms with Crippen molar-refractivity contribution >= 4 is 23.2 Å². The third-order valence-electron chi connectivity index (χ3n) is 5.41. The number of carbonyl (C=O) groups excluding carboxylic acids is 1. The molecule has 0 heterocycles. The predicted octanol–water partition coefficient (Wildman–Crippen LogP) is 4.16. The highest BCUT2D eigenvalue weighted by atomic mass is 35.5. The molecule has 172 valence electrons. The van der Waals surface area contributed by atoms with E-state index < -0.39 is 47.5 Å². The maximum absolute atomic E-state index is 14.5. The second-order valence-electron chi connectivity index (χ2n) is 7.73. The summed E-state index contributed by atoms with van der Waals surface area (Å²) in [5, 5.41) is 31.5. The van der Waals surface area contributed by atoms with Crippen molar-refractivity contribution in [2.45, 2.75) is 36.5 Å². The first-order chi connectivity index (χ1) is 15.4. The minimum Gasteiger partial charge on any atom is -0.384 e. The summed E-state index contributed by atoms with van der Waals surface area (Å²) >= 11 is 5.95. The van der Waals surface area contributed by atoms with Crippen LogP contribution in [0.4, 0.5) is 23.2 Å². The van der Waals surface area contributed by atoms with Gasteiger partial charge in [-0.1, -0.05) is 23.4 Å². The van der Waals surface area contributed by atoms with Gasteiger partial charge >= 0.3 is 6.18 Å². The monoisotopic (exact) mass is 480 g/mol. The molecule has 3 N–H and O–H groups in total. The fourth-order valence-electron chi connectivity index (χ4n) is 3.57. The maximum Gasteiger partial charge on any atom is 0.416 e. The van der Waals surface area contributed by atoms with Crippen molar-refractivity contribution in [3.05, 3.63) is 63.9 Å². The quantitative estimate of drug-likeness (QED) is 0.442. The average molecular weight is 481 g/mol. The molecule has 0 aliphatic heterocycles. The van der Waals surface area contributed by atoms with Gasteiger partial charge in [0.05, 0.1) is 16.1 Å². The number of anilines is 1. The zero-order valence-corrected chi connectivity index (χ0v) is 17.7. The van der Waals surface area contributed by atoms with Gasteiger partial charge in [-0.15, -0.1) is 0 Å². The van der Waals surface area contributed by atoms with E-state index in [9.17, 15) is 27.5 Å². The molecular formula is C23H17ClF4N2O3. The first-order valence-corrected chi connectivity index (χ1v) is 10.0. The summed E-state index contributed by atoms with van der Waals surface area (Å²) in [5.41, 5.74) is -4.74. The van der Waals surface area contributed by atoms with Crippen LogP contribution in [0.15, 0.2) is 36.4 Å². The largest absolute Gasteiger partial charge is 0.416 e. The van der Waals surface area contributed by atoms with Crippen molar-refractivity contribution in [3.8, 4) is 17.9 Å². The predicted molar refractivity (Wildman–Crippen MR) is 112 cm³/mol. The summed E-state index contributed by atoms with van der Waals surface area (Å²) < 4.78 is 54.0. The highest BCUT2D eigenvalue weighted by molar-refractivity contribution is 6.32. The molecule has 1 fully saturated rings. The molecule has 1 saturated carbocycles. The van der Waals surface area contributed by atoms with Crippen LogP contribution in [0.2, 0.25) is 5.02 Å². The smallest absolute Gasteiger partial charge is 0.384 e. The molecule has 1 atom stereocenters. The zero-order valence-electron chi connectivity index (χ0n) is 16.9. The van der Waals surface area contributed by atoms with Gasteiger partial charge in [-0.25, -0.2) is 4.39 Å². The lowest BCUT2D eigenvalue weighted by Crippen LogP contribution is -2.44. The van der Waals surface area contributed by atoms with E-state index in [0.717, 1.165) is 0 Å². The van der Waals surface area contributed by atoms with Crippen LogP contribution in [-0.2, 0) is 16.4 Å². The number of rotatable bonds is 5. The molecule has 2 aromatic rings. The number of alkyl halides is 3. The third-order valence-corrected chi connectivity index (χ3v) is 5.72. The second kappa shape index (κ2) is 9.03. The highest BCUT2D eigenvalue weighted by Gasteiger charge is 2.53. The van der Waals surface area contributed by atoms with Gasteiger partial charge in [0.15, 0.2) is 0 Å². The average Bonchev–Trinajstić information content (AvgIpc) is 3.52. The van der Waals surface area contributed by atoms with Gasteiger partial charge in [0.2, 0.25) is 5.60 Å². The van der Waals surface area contributed by atoms with Crippen LogP contribution >= 0.6 is 11.6 Å². The third kappa shape index (κ3) is 5.28. The van der Waals surface area contributed by atoms with Crippen LogP contribution in [0.25, 0.3) is 0 Å². The van der Waals surface area contributed by atoms with Gasteiger partial charge in [-0.3, -0.25) is 4.79 Å². The molecule has 0 aromatic heterocycles. The van der Waals surface area contributed by atoms with Crippen LogP contribution in [0.3, 0.4) is 0 Å². The number of hydrogen-bond acceptors (Lipinski definition) is 4. The number of aliphatic hydroxyl groups excluding tert-OH is 1. The molecule has 1 aliphatic rings. The molecule has 1 amide bonds. The van der Waals surface area contributed by atoms with E-state index in [1.54, 1.807) is 0 Å². The standard InChI is InChI=1S/C23H17ClF4N2O3/c24-18-11-16(4-2-14(18)12-29)30-20(32)22(33,6-1-9-31)13-21(7-8-21)17-10-15(23(26,27)28)3-5-19(17)25/h2-5,10-11,31,33H,7-9,13H2,(H,30,32). The zero-order chi connectivity index (χ0) is 24.4. The second-order valence-corrected chi connectivity index (χ2v) is 8.14. The molecule has 1 unspecified atom stereocenters. The molecule has 2 aromatic carbocycles. The van der Waals surface area contributed by atoms with Gasteiger partial charge in [0.1, 0.15) is 18.5 Å². The molecule has 3 rings (SSSR count). The lowest BCUT2D eigenvalue weighted by molar-refractivity contribution is -0.137. The van der Waals surface area contributed by atoms with E-state index in [1.807, 2.05) is 6.07 Å². The first-order valence-electron chi connectivity index (χ1n) is 9.66. The summed E-state index contributed by atoms with van der Waals surface area (Å²) in [4.78, 5) is 12.9. The minimum absolute atomic E-state index is 0.0463. The number of benzene rings is 2. The van der Waals surface area contributed by atoms with Crippen LogP contribution < -0.4 is 5.32 Å². The van der Waals surface area contributed by atoms with Crippen LogP contribution in [0, 0.1) is 29.0 Å².